The van der Waals surface area contributed by atoms with Gasteiger partial charge in [0.2, 0.25) is 10.0 Å². The normalized spacial score (nSPS) is 11.0. The van der Waals surface area contributed by atoms with Crippen molar-refractivity contribution in [3.63, 3.8) is 0 Å². The van der Waals surface area contributed by atoms with Gasteiger partial charge in [-0.1, -0.05) is 12.1 Å². The molecule has 0 aliphatic carbocycles. The number of nitrogens with two attached hydrogens (primary N) is 1. The lowest BCUT2D eigenvalue weighted by Gasteiger charge is -2.08. The third-order valence-corrected chi connectivity index (χ3v) is 4.05. The molecule has 0 radical (unpaired) electrons. The number of nitrogens with zero attached hydrogens (tertiary/aromatic N) is 2. The van der Waals surface area contributed by atoms with Crippen LogP contribution in [-0.2, 0) is 16.6 Å². The summed E-state index contributed by atoms with van der Waals surface area (Å²) < 4.78 is 22.3. The number of hydrogen-bond donors (Lipinski definition) is 2. The molecule has 0 spiro atoms. The average molecular weight is 352 g/mol. The first-order valence-corrected chi connectivity index (χ1v) is 8.01. The summed E-state index contributed by atoms with van der Waals surface area (Å²) in [7, 11) is -3.79. The molecule has 24 heavy (non-hydrogen) atoms. The van der Waals surface area contributed by atoms with Gasteiger partial charge in [-0.3, -0.25) is 20.2 Å². The Bertz CT molecular complexity index is 895. The van der Waals surface area contributed by atoms with Crippen LogP contribution in [-0.4, -0.2) is 18.3 Å². The molecule has 10 nitrogen and oxygen atoms in total. The van der Waals surface area contributed by atoms with Gasteiger partial charge >= 0.3 is 0 Å². The summed E-state index contributed by atoms with van der Waals surface area (Å²) in [5, 5.41) is 29.5. The number of nitrogens with one attached hydrogen (secondary N) is 1. The van der Waals surface area contributed by atoms with Crippen molar-refractivity contribution >= 4 is 27.1 Å². The highest BCUT2D eigenvalue weighted by Gasteiger charge is 2.19. The van der Waals surface area contributed by atoms with E-state index in [-0.39, 0.29) is 22.8 Å². The van der Waals surface area contributed by atoms with E-state index in [9.17, 15) is 28.6 Å². The summed E-state index contributed by atoms with van der Waals surface area (Å²) in [4.78, 5) is 20.2. The summed E-state index contributed by atoms with van der Waals surface area (Å²) in [6.45, 7) is 0.156. The molecule has 2 rings (SSSR count). The molecule has 0 aliphatic rings. The smallest absolute Gasteiger partial charge is 0.299 e. The average Bonchev–Trinajstić information content (AvgIpc) is 2.52. The fourth-order valence-electron chi connectivity index (χ4n) is 1.93. The SMILES string of the molecule is NS(=O)(=O)c1ccc(CNc2ccc([N+](=O)[O-])cc2[N+](=O)[O-])cc1. The molecule has 0 unspecified atom stereocenters. The Morgan fingerprint density at radius 1 is 1.00 bits per heavy atom. The van der Waals surface area contributed by atoms with Gasteiger partial charge < -0.3 is 5.32 Å². The van der Waals surface area contributed by atoms with E-state index in [1.807, 2.05) is 0 Å². The molecule has 2 aromatic carbocycles. The number of primary sulfonamides is 1. The quantitative estimate of drug-likeness (QED) is 0.592. The van der Waals surface area contributed by atoms with Gasteiger partial charge in [0.05, 0.1) is 20.8 Å². The van der Waals surface area contributed by atoms with Crippen molar-refractivity contribution in [2.75, 3.05) is 5.32 Å². The highest BCUT2D eigenvalue weighted by Crippen LogP contribution is 2.29. The second-order valence-electron chi connectivity index (χ2n) is 4.76. The van der Waals surface area contributed by atoms with Crippen molar-refractivity contribution < 1.29 is 18.3 Å². The van der Waals surface area contributed by atoms with Gasteiger partial charge in [0.25, 0.3) is 11.4 Å². The number of anilines is 1. The topological polar surface area (TPSA) is 158 Å². The van der Waals surface area contributed by atoms with Gasteiger partial charge in [-0.2, -0.15) is 0 Å². The summed E-state index contributed by atoms with van der Waals surface area (Å²) in [5.41, 5.74) is -0.0497. The number of nitro groups is 2. The van der Waals surface area contributed by atoms with E-state index in [1.165, 1.54) is 30.3 Å². The highest BCUT2D eigenvalue weighted by atomic mass is 32.2. The molecule has 0 fully saturated rings. The zero-order valence-corrected chi connectivity index (χ0v) is 12.9. The van der Waals surface area contributed by atoms with Gasteiger partial charge in [-0.25, -0.2) is 13.6 Å². The molecule has 11 heteroatoms. The molecule has 0 atom stereocenters. The summed E-state index contributed by atoms with van der Waals surface area (Å²) in [6.07, 6.45) is 0. The zero-order chi connectivity index (χ0) is 17.9. The van der Waals surface area contributed by atoms with E-state index in [2.05, 4.69) is 5.32 Å². The number of sulfonamides is 1. The number of hydrogen-bond acceptors (Lipinski definition) is 7. The van der Waals surface area contributed by atoms with Crippen molar-refractivity contribution in [3.05, 3.63) is 68.3 Å². The zero-order valence-electron chi connectivity index (χ0n) is 12.1. The van der Waals surface area contributed by atoms with Gasteiger partial charge in [-0.15, -0.1) is 0 Å². The molecule has 0 heterocycles. The number of rotatable bonds is 6. The number of non-ortho nitro benzene ring substituents is 1. The van der Waals surface area contributed by atoms with E-state index in [0.29, 0.717) is 5.56 Å². The maximum Gasteiger partial charge on any atom is 0.299 e. The molecule has 0 saturated heterocycles. The molecule has 3 N–H and O–H groups in total. The first-order chi connectivity index (χ1) is 11.2. The number of benzene rings is 2. The Labute approximate surface area is 136 Å². The molecule has 126 valence electrons. The van der Waals surface area contributed by atoms with Crippen LogP contribution in [0.4, 0.5) is 17.1 Å². The molecular formula is C13H12N4O6S. The van der Waals surface area contributed by atoms with Crippen LogP contribution in [0.1, 0.15) is 5.56 Å². The highest BCUT2D eigenvalue weighted by molar-refractivity contribution is 7.89. The first kappa shape index (κ1) is 17.3. The van der Waals surface area contributed by atoms with Crippen molar-refractivity contribution in [2.24, 2.45) is 5.14 Å². The minimum Gasteiger partial charge on any atom is -0.375 e. The standard InChI is InChI=1S/C13H12N4O6S/c14-24(22,23)11-4-1-9(2-5-11)8-15-12-6-3-10(16(18)19)7-13(12)17(20)21/h1-7,15H,8H2,(H2,14,22,23). The van der Waals surface area contributed by atoms with Crippen LogP contribution < -0.4 is 10.5 Å². The Morgan fingerprint density at radius 3 is 2.12 bits per heavy atom. The monoisotopic (exact) mass is 352 g/mol. The van der Waals surface area contributed by atoms with Crippen LogP contribution in [0.15, 0.2) is 47.4 Å². The van der Waals surface area contributed by atoms with E-state index in [0.717, 1.165) is 12.1 Å². The fraction of sp³-hybridized carbons (Fsp3) is 0.0769. The second kappa shape index (κ2) is 6.60. The second-order valence-corrected chi connectivity index (χ2v) is 6.32. The molecule has 2 aromatic rings. The van der Waals surface area contributed by atoms with Crippen LogP contribution in [0.25, 0.3) is 0 Å². The molecule has 0 saturated carbocycles. The van der Waals surface area contributed by atoms with Crippen LogP contribution in [0.5, 0.6) is 0 Å². The van der Waals surface area contributed by atoms with E-state index in [1.54, 1.807) is 0 Å². The van der Waals surface area contributed by atoms with Gasteiger partial charge in [0.1, 0.15) is 5.69 Å². The third-order valence-electron chi connectivity index (χ3n) is 3.12. The van der Waals surface area contributed by atoms with Gasteiger partial charge in [-0.05, 0) is 23.8 Å². The van der Waals surface area contributed by atoms with Crippen LogP contribution in [0, 0.1) is 20.2 Å². The van der Waals surface area contributed by atoms with E-state index in [4.69, 9.17) is 5.14 Å². The van der Waals surface area contributed by atoms with Crippen molar-refractivity contribution in [1.82, 2.24) is 0 Å². The van der Waals surface area contributed by atoms with E-state index < -0.39 is 25.6 Å². The third kappa shape index (κ3) is 4.02. The van der Waals surface area contributed by atoms with Gasteiger partial charge in [0.15, 0.2) is 0 Å². The van der Waals surface area contributed by atoms with E-state index >= 15 is 0 Å². The Morgan fingerprint density at radius 2 is 1.62 bits per heavy atom. The van der Waals surface area contributed by atoms with Crippen LogP contribution in [0.3, 0.4) is 0 Å². The molecular weight excluding hydrogens is 340 g/mol. The summed E-state index contributed by atoms with van der Waals surface area (Å²) in [6, 6.07) is 8.90. The van der Waals surface area contributed by atoms with Crippen LogP contribution >= 0.6 is 0 Å². The lowest BCUT2D eigenvalue weighted by atomic mass is 10.2. The largest absolute Gasteiger partial charge is 0.375 e. The van der Waals surface area contributed by atoms with Crippen molar-refractivity contribution in [2.45, 2.75) is 11.4 Å². The molecule has 0 amide bonds. The molecule has 0 aromatic heterocycles. The number of nitro benzene ring substituents is 2. The molecule has 0 bridgehead atoms. The van der Waals surface area contributed by atoms with Crippen LogP contribution in [0.2, 0.25) is 0 Å². The Hall–Kier alpha value is -3.05. The summed E-state index contributed by atoms with van der Waals surface area (Å²) in [5.74, 6) is 0. The van der Waals surface area contributed by atoms with Gasteiger partial charge in [0, 0.05) is 12.6 Å². The Kier molecular flexibility index (Phi) is 4.76. The first-order valence-electron chi connectivity index (χ1n) is 6.47. The lowest BCUT2D eigenvalue weighted by molar-refractivity contribution is -0.393. The minimum absolute atomic E-state index is 0.0485. The maximum atomic E-state index is 11.2. The molecule has 0 aliphatic heterocycles. The summed E-state index contributed by atoms with van der Waals surface area (Å²) >= 11 is 0. The predicted molar refractivity (Wildman–Crippen MR) is 84.9 cm³/mol. The Balaban J connectivity index is 2.20. The fourth-order valence-corrected chi connectivity index (χ4v) is 2.44. The predicted octanol–water partition coefficient (Wildman–Crippen LogP) is 1.76. The minimum atomic E-state index is -3.79. The van der Waals surface area contributed by atoms with Crippen molar-refractivity contribution in [3.8, 4) is 0 Å². The lowest BCUT2D eigenvalue weighted by Crippen LogP contribution is -2.12. The van der Waals surface area contributed by atoms with Crippen molar-refractivity contribution in [1.29, 1.82) is 0 Å². The maximum absolute atomic E-state index is 11.2.